The maximum absolute atomic E-state index is 12.4. The number of methoxy groups -OCH3 is 2. The van der Waals surface area contributed by atoms with Gasteiger partial charge in [0.15, 0.2) is 0 Å². The summed E-state index contributed by atoms with van der Waals surface area (Å²) in [6, 6.07) is 5.47. The highest BCUT2D eigenvalue weighted by molar-refractivity contribution is 6.01. The molecule has 0 bridgehead atoms. The molecule has 2 unspecified atom stereocenters. The molecule has 2 aliphatic rings. The molecule has 0 aromatic heterocycles. The van der Waals surface area contributed by atoms with Gasteiger partial charge < -0.3 is 25.0 Å². The minimum atomic E-state index is -0.329. The molecule has 2 saturated heterocycles. The number of amides is 2. The molecule has 138 valence electrons. The zero-order chi connectivity index (χ0) is 17.1. The molecule has 2 fully saturated rings. The van der Waals surface area contributed by atoms with Crippen molar-refractivity contribution in [2.45, 2.75) is 18.9 Å². The van der Waals surface area contributed by atoms with Crippen LogP contribution in [0.1, 0.15) is 12.8 Å². The summed E-state index contributed by atoms with van der Waals surface area (Å²) in [5.41, 5.74) is 0.668. The Hall–Kier alpha value is -1.99. The van der Waals surface area contributed by atoms with Gasteiger partial charge in [-0.2, -0.15) is 0 Å². The lowest BCUT2D eigenvalue weighted by atomic mass is 10.1. The smallest absolute Gasteiger partial charge is 0.227 e. The predicted molar refractivity (Wildman–Crippen MR) is 96.7 cm³/mol. The highest BCUT2D eigenvalue weighted by atomic mass is 35.5. The van der Waals surface area contributed by atoms with Gasteiger partial charge >= 0.3 is 0 Å². The van der Waals surface area contributed by atoms with Crippen molar-refractivity contribution in [3.8, 4) is 11.5 Å². The number of hydrogen-bond acceptors (Lipinski definition) is 5. The predicted octanol–water partition coefficient (Wildman–Crippen LogP) is 0.957. The van der Waals surface area contributed by atoms with Gasteiger partial charge in [0.25, 0.3) is 0 Å². The second-order valence-corrected chi connectivity index (χ2v) is 6.14. The van der Waals surface area contributed by atoms with E-state index in [1.807, 2.05) is 0 Å². The van der Waals surface area contributed by atoms with E-state index in [9.17, 15) is 9.59 Å². The van der Waals surface area contributed by atoms with Crippen molar-refractivity contribution in [2.75, 3.05) is 38.8 Å². The number of hydrogen-bond donors (Lipinski definition) is 2. The minimum absolute atomic E-state index is 0. The average molecular weight is 370 g/mol. The van der Waals surface area contributed by atoms with Gasteiger partial charge in [0.1, 0.15) is 11.5 Å². The van der Waals surface area contributed by atoms with E-state index in [-0.39, 0.29) is 42.6 Å². The van der Waals surface area contributed by atoms with Gasteiger partial charge in [0.2, 0.25) is 11.8 Å². The molecule has 0 saturated carbocycles. The van der Waals surface area contributed by atoms with Crippen LogP contribution in [-0.2, 0) is 9.59 Å². The van der Waals surface area contributed by atoms with Gasteiger partial charge in [-0.15, -0.1) is 12.4 Å². The van der Waals surface area contributed by atoms with Crippen LogP contribution in [0.3, 0.4) is 0 Å². The topological polar surface area (TPSA) is 79.9 Å². The van der Waals surface area contributed by atoms with Crippen LogP contribution in [0.4, 0.5) is 5.69 Å². The van der Waals surface area contributed by atoms with Crippen molar-refractivity contribution in [3.63, 3.8) is 0 Å². The second kappa shape index (κ2) is 8.40. The number of rotatable bonds is 5. The monoisotopic (exact) mass is 369 g/mol. The third-order valence-corrected chi connectivity index (χ3v) is 4.58. The SMILES string of the molecule is COc1ccc(N2CC(C(=O)NC3CCNC3)CC2=O)c(OC)c1.Cl. The summed E-state index contributed by atoms with van der Waals surface area (Å²) in [5.74, 6) is 0.772. The van der Waals surface area contributed by atoms with Crippen LogP contribution in [0.15, 0.2) is 18.2 Å². The van der Waals surface area contributed by atoms with Crippen molar-refractivity contribution in [3.05, 3.63) is 18.2 Å². The van der Waals surface area contributed by atoms with Crippen molar-refractivity contribution in [1.29, 1.82) is 0 Å². The lowest BCUT2D eigenvalue weighted by molar-refractivity contribution is -0.126. The van der Waals surface area contributed by atoms with Gasteiger partial charge in [0, 0.05) is 31.6 Å². The van der Waals surface area contributed by atoms with Gasteiger partial charge in [-0.3, -0.25) is 9.59 Å². The molecule has 1 aromatic carbocycles. The number of halogens is 1. The summed E-state index contributed by atoms with van der Waals surface area (Å²) in [4.78, 5) is 26.4. The van der Waals surface area contributed by atoms with E-state index in [1.165, 1.54) is 0 Å². The fraction of sp³-hybridized carbons (Fsp3) is 0.529. The maximum atomic E-state index is 12.4. The second-order valence-electron chi connectivity index (χ2n) is 6.14. The zero-order valence-electron chi connectivity index (χ0n) is 14.4. The quantitative estimate of drug-likeness (QED) is 0.808. The summed E-state index contributed by atoms with van der Waals surface area (Å²) in [6.07, 6.45) is 1.16. The molecule has 2 atom stereocenters. The fourth-order valence-corrected chi connectivity index (χ4v) is 3.22. The molecule has 0 radical (unpaired) electrons. The summed E-state index contributed by atoms with van der Waals surface area (Å²) in [7, 11) is 3.13. The van der Waals surface area contributed by atoms with Crippen molar-refractivity contribution in [2.24, 2.45) is 5.92 Å². The standard InChI is InChI=1S/C17H23N3O4.ClH/c1-23-13-3-4-14(15(8-13)24-2)20-10-11(7-16(20)21)17(22)19-12-5-6-18-9-12;/h3-4,8,11-12,18H,5-7,9-10H2,1-2H3,(H,19,22);1H. The first-order valence-electron chi connectivity index (χ1n) is 8.16. The Balaban J connectivity index is 0.00000225. The molecule has 0 aliphatic carbocycles. The Morgan fingerprint density at radius 3 is 2.76 bits per heavy atom. The van der Waals surface area contributed by atoms with Gasteiger partial charge in [-0.1, -0.05) is 0 Å². The Bertz CT molecular complexity index is 634. The number of benzene rings is 1. The zero-order valence-corrected chi connectivity index (χ0v) is 15.2. The van der Waals surface area contributed by atoms with E-state index < -0.39 is 0 Å². The van der Waals surface area contributed by atoms with Gasteiger partial charge in [-0.25, -0.2) is 0 Å². The maximum Gasteiger partial charge on any atom is 0.227 e. The fourth-order valence-electron chi connectivity index (χ4n) is 3.22. The first kappa shape index (κ1) is 19.3. The lowest BCUT2D eigenvalue weighted by Gasteiger charge is -2.20. The number of carbonyl (C=O) groups is 2. The number of anilines is 1. The molecular weight excluding hydrogens is 346 g/mol. The van der Waals surface area contributed by atoms with Crippen molar-refractivity contribution >= 4 is 29.9 Å². The van der Waals surface area contributed by atoms with Crippen molar-refractivity contribution < 1.29 is 19.1 Å². The molecule has 1 aromatic rings. The molecule has 0 spiro atoms. The number of nitrogens with zero attached hydrogens (tertiary/aromatic N) is 1. The van der Waals surface area contributed by atoms with E-state index in [0.717, 1.165) is 19.5 Å². The molecule has 2 aliphatic heterocycles. The van der Waals surface area contributed by atoms with Crippen molar-refractivity contribution in [1.82, 2.24) is 10.6 Å². The van der Waals surface area contributed by atoms with Crippen LogP contribution < -0.4 is 25.0 Å². The van der Waals surface area contributed by atoms with Crippen LogP contribution in [0.2, 0.25) is 0 Å². The highest BCUT2D eigenvalue weighted by Crippen LogP contribution is 2.35. The van der Waals surface area contributed by atoms with E-state index in [2.05, 4.69) is 10.6 Å². The molecule has 7 nitrogen and oxygen atoms in total. The van der Waals surface area contributed by atoms with E-state index in [0.29, 0.717) is 23.7 Å². The van der Waals surface area contributed by atoms with Crippen LogP contribution in [0.5, 0.6) is 11.5 Å². The third kappa shape index (κ3) is 4.16. The summed E-state index contributed by atoms with van der Waals surface area (Å²) < 4.78 is 10.6. The third-order valence-electron chi connectivity index (χ3n) is 4.58. The normalized spacial score (nSPS) is 22.5. The Kier molecular flexibility index (Phi) is 6.50. The van der Waals surface area contributed by atoms with Gasteiger partial charge in [0.05, 0.1) is 25.8 Å². The number of ether oxygens (including phenoxy) is 2. The van der Waals surface area contributed by atoms with Crippen LogP contribution in [0.25, 0.3) is 0 Å². The summed E-state index contributed by atoms with van der Waals surface area (Å²) in [5, 5.41) is 6.25. The Labute approximate surface area is 153 Å². The lowest BCUT2D eigenvalue weighted by Crippen LogP contribution is -2.40. The van der Waals surface area contributed by atoms with Crippen LogP contribution in [-0.4, -0.2) is 51.7 Å². The molecular formula is C17H24ClN3O4. The Morgan fingerprint density at radius 2 is 2.12 bits per heavy atom. The summed E-state index contributed by atoms with van der Waals surface area (Å²) in [6.45, 7) is 2.08. The van der Waals surface area contributed by atoms with E-state index in [1.54, 1.807) is 37.3 Å². The molecule has 2 amide bonds. The minimum Gasteiger partial charge on any atom is -0.497 e. The number of nitrogens with one attached hydrogen (secondary N) is 2. The summed E-state index contributed by atoms with van der Waals surface area (Å²) >= 11 is 0. The molecule has 2 heterocycles. The molecule has 3 rings (SSSR count). The van der Waals surface area contributed by atoms with E-state index in [4.69, 9.17) is 9.47 Å². The first-order chi connectivity index (χ1) is 11.6. The molecule has 8 heteroatoms. The Morgan fingerprint density at radius 1 is 1.32 bits per heavy atom. The number of carbonyl (C=O) groups excluding carboxylic acids is 2. The van der Waals surface area contributed by atoms with Crippen LogP contribution >= 0.6 is 12.4 Å². The molecule has 25 heavy (non-hydrogen) atoms. The first-order valence-corrected chi connectivity index (χ1v) is 8.16. The van der Waals surface area contributed by atoms with E-state index >= 15 is 0 Å². The van der Waals surface area contributed by atoms with Gasteiger partial charge in [-0.05, 0) is 25.1 Å². The molecule has 2 N–H and O–H groups in total. The van der Waals surface area contributed by atoms with Crippen LogP contribution in [0, 0.1) is 5.92 Å². The largest absolute Gasteiger partial charge is 0.497 e. The average Bonchev–Trinajstić information content (AvgIpc) is 3.23. The highest BCUT2D eigenvalue weighted by Gasteiger charge is 2.37.